The van der Waals surface area contributed by atoms with Gasteiger partial charge in [0.05, 0.1) is 0 Å². The Bertz CT molecular complexity index is 500. The van der Waals surface area contributed by atoms with E-state index in [1.807, 2.05) is 30.4 Å². The minimum atomic E-state index is -0.190. The Morgan fingerprint density at radius 1 is 1.15 bits per heavy atom. The Labute approximate surface area is 119 Å². The summed E-state index contributed by atoms with van der Waals surface area (Å²) in [5, 5.41) is 3.36. The molecule has 20 heavy (non-hydrogen) atoms. The molecule has 0 bridgehead atoms. The molecule has 1 aliphatic rings. The molecule has 3 N–H and O–H groups in total. The van der Waals surface area contributed by atoms with E-state index in [0.29, 0.717) is 0 Å². The van der Waals surface area contributed by atoms with Crippen molar-refractivity contribution in [1.82, 2.24) is 5.32 Å². The van der Waals surface area contributed by atoms with Crippen LogP contribution in [0.15, 0.2) is 60.2 Å². The summed E-state index contributed by atoms with van der Waals surface area (Å²) in [5.41, 5.74) is 8.54. The fraction of sp³-hybridized carbons (Fsp3) is 0.294. The summed E-state index contributed by atoms with van der Waals surface area (Å²) in [4.78, 5) is 0. The number of allylic oxidation sites excluding steroid dienone is 5. The second-order valence-electron chi connectivity index (χ2n) is 4.95. The second kappa shape index (κ2) is 7.78. The maximum absolute atomic E-state index is 12.8. The molecule has 106 valence electrons. The van der Waals surface area contributed by atoms with Gasteiger partial charge in [-0.15, -0.1) is 0 Å². The maximum Gasteiger partial charge on any atom is 0.123 e. The van der Waals surface area contributed by atoms with Gasteiger partial charge < -0.3 is 11.1 Å². The van der Waals surface area contributed by atoms with Gasteiger partial charge in [-0.05, 0) is 42.7 Å². The summed E-state index contributed by atoms with van der Waals surface area (Å²) in [7, 11) is 0. The van der Waals surface area contributed by atoms with Crippen molar-refractivity contribution in [2.24, 2.45) is 5.73 Å². The molecule has 0 aliphatic heterocycles. The Kier molecular flexibility index (Phi) is 5.71. The molecule has 1 aliphatic carbocycles. The number of nitrogens with one attached hydrogen (secondary N) is 1. The van der Waals surface area contributed by atoms with Crippen LogP contribution in [0.3, 0.4) is 0 Å². The maximum atomic E-state index is 12.8. The van der Waals surface area contributed by atoms with Crippen molar-refractivity contribution in [1.29, 1.82) is 0 Å². The van der Waals surface area contributed by atoms with E-state index in [1.165, 1.54) is 17.7 Å². The van der Waals surface area contributed by atoms with Gasteiger partial charge in [-0.3, -0.25) is 0 Å². The Morgan fingerprint density at radius 3 is 2.75 bits per heavy atom. The van der Waals surface area contributed by atoms with E-state index >= 15 is 0 Å². The molecule has 0 aromatic heterocycles. The van der Waals surface area contributed by atoms with Gasteiger partial charge in [0, 0.05) is 12.6 Å². The minimum absolute atomic E-state index is 0.0376. The van der Waals surface area contributed by atoms with Crippen LogP contribution in [0.2, 0.25) is 0 Å². The lowest BCUT2D eigenvalue weighted by Crippen LogP contribution is -2.36. The van der Waals surface area contributed by atoms with Crippen LogP contribution >= 0.6 is 0 Å². The third-order valence-electron chi connectivity index (χ3n) is 3.37. The Balaban J connectivity index is 1.70. The first-order valence-electron chi connectivity index (χ1n) is 6.99. The first-order chi connectivity index (χ1) is 9.75. The molecule has 0 saturated heterocycles. The van der Waals surface area contributed by atoms with E-state index < -0.39 is 0 Å². The zero-order valence-corrected chi connectivity index (χ0v) is 11.6. The van der Waals surface area contributed by atoms with Crippen molar-refractivity contribution < 1.29 is 4.39 Å². The van der Waals surface area contributed by atoms with Crippen LogP contribution < -0.4 is 11.1 Å². The molecule has 0 amide bonds. The zero-order valence-electron chi connectivity index (χ0n) is 11.6. The van der Waals surface area contributed by atoms with Gasteiger partial charge >= 0.3 is 0 Å². The average Bonchev–Trinajstić information content (AvgIpc) is 2.74. The number of nitrogens with two attached hydrogens (primary N) is 1. The quantitative estimate of drug-likeness (QED) is 0.781. The van der Waals surface area contributed by atoms with E-state index in [1.54, 1.807) is 0 Å². The zero-order chi connectivity index (χ0) is 14.2. The number of benzene rings is 1. The van der Waals surface area contributed by atoms with Gasteiger partial charge in [0.1, 0.15) is 5.82 Å². The molecule has 0 fully saturated rings. The largest absolute Gasteiger partial charge is 0.323 e. The smallest absolute Gasteiger partial charge is 0.123 e. The van der Waals surface area contributed by atoms with Gasteiger partial charge in [-0.25, -0.2) is 4.39 Å². The van der Waals surface area contributed by atoms with E-state index in [9.17, 15) is 4.39 Å². The molecule has 0 spiro atoms. The normalized spacial score (nSPS) is 15.8. The molecule has 0 saturated carbocycles. The Morgan fingerprint density at radius 2 is 1.95 bits per heavy atom. The highest BCUT2D eigenvalue weighted by atomic mass is 19.1. The third-order valence-corrected chi connectivity index (χ3v) is 3.37. The fourth-order valence-corrected chi connectivity index (χ4v) is 2.14. The molecule has 1 aromatic rings. The monoisotopic (exact) mass is 272 g/mol. The number of hydrogen-bond donors (Lipinski definition) is 2. The summed E-state index contributed by atoms with van der Waals surface area (Å²) in [6.45, 7) is 1.60. The van der Waals surface area contributed by atoms with Crippen LogP contribution in [0.25, 0.3) is 0 Å². The first kappa shape index (κ1) is 14.7. The van der Waals surface area contributed by atoms with Crippen molar-refractivity contribution in [3.05, 3.63) is 71.6 Å². The molecule has 0 radical (unpaired) electrons. The van der Waals surface area contributed by atoms with Gasteiger partial charge in [-0.1, -0.05) is 42.5 Å². The van der Waals surface area contributed by atoms with Gasteiger partial charge in [0.15, 0.2) is 0 Å². The van der Waals surface area contributed by atoms with E-state index in [-0.39, 0.29) is 11.9 Å². The minimum Gasteiger partial charge on any atom is -0.323 e. The first-order valence-corrected chi connectivity index (χ1v) is 6.99. The van der Waals surface area contributed by atoms with Crippen molar-refractivity contribution in [3.63, 3.8) is 0 Å². The lowest BCUT2D eigenvalue weighted by Gasteiger charge is -2.15. The van der Waals surface area contributed by atoms with Gasteiger partial charge in [-0.2, -0.15) is 0 Å². The lowest BCUT2D eigenvalue weighted by molar-refractivity contribution is 0.613. The summed E-state index contributed by atoms with van der Waals surface area (Å²) < 4.78 is 12.8. The molecule has 0 heterocycles. The number of rotatable bonds is 6. The summed E-state index contributed by atoms with van der Waals surface area (Å²) in [5.74, 6) is -0.190. The van der Waals surface area contributed by atoms with Crippen LogP contribution in [0, 0.1) is 5.82 Å². The third kappa shape index (κ3) is 4.76. The lowest BCUT2D eigenvalue weighted by atomic mass is 10.0. The number of halogens is 1. The van der Waals surface area contributed by atoms with E-state index in [2.05, 4.69) is 17.5 Å². The molecule has 1 aromatic carbocycles. The van der Waals surface area contributed by atoms with E-state index in [4.69, 9.17) is 5.73 Å². The van der Waals surface area contributed by atoms with Crippen LogP contribution in [0.5, 0.6) is 0 Å². The Hall–Kier alpha value is -1.71. The number of hydrogen-bond acceptors (Lipinski definition) is 2. The molecule has 2 nitrogen and oxygen atoms in total. The molecule has 1 unspecified atom stereocenters. The molecule has 2 rings (SSSR count). The summed E-state index contributed by atoms with van der Waals surface area (Å²) >= 11 is 0. The van der Waals surface area contributed by atoms with E-state index in [0.717, 1.165) is 31.5 Å². The van der Waals surface area contributed by atoms with Crippen molar-refractivity contribution in [3.8, 4) is 0 Å². The van der Waals surface area contributed by atoms with Crippen molar-refractivity contribution >= 4 is 0 Å². The summed E-state index contributed by atoms with van der Waals surface area (Å²) in [6, 6.07) is 6.67. The van der Waals surface area contributed by atoms with Crippen LogP contribution in [0.4, 0.5) is 4.39 Å². The molecule has 3 heteroatoms. The van der Waals surface area contributed by atoms with Gasteiger partial charge in [0.25, 0.3) is 0 Å². The van der Waals surface area contributed by atoms with Crippen molar-refractivity contribution in [2.75, 3.05) is 13.1 Å². The molecular formula is C17H21FN2. The van der Waals surface area contributed by atoms with Gasteiger partial charge in [0.2, 0.25) is 0 Å². The highest BCUT2D eigenvalue weighted by molar-refractivity contribution is 5.26. The topological polar surface area (TPSA) is 38.0 Å². The second-order valence-corrected chi connectivity index (χ2v) is 4.95. The summed E-state index contributed by atoms with van der Waals surface area (Å²) in [6.07, 6.45) is 12.1. The fourth-order valence-electron chi connectivity index (χ4n) is 2.14. The van der Waals surface area contributed by atoms with Crippen LogP contribution in [-0.2, 0) is 6.42 Å². The van der Waals surface area contributed by atoms with Crippen molar-refractivity contribution in [2.45, 2.75) is 18.9 Å². The van der Waals surface area contributed by atoms with Crippen LogP contribution in [-0.4, -0.2) is 19.1 Å². The standard InChI is InChI=1S/C17H21FN2/c18-16-9-7-14(8-10-16)11-12-20-13-17(19)15-5-3-1-2-4-6-15/h1-5,7-10,17,20H,6,11-13,19H2. The average molecular weight is 272 g/mol. The van der Waals surface area contributed by atoms with Crippen LogP contribution in [0.1, 0.15) is 12.0 Å². The predicted octanol–water partition coefficient (Wildman–Crippen LogP) is 2.73. The highest BCUT2D eigenvalue weighted by Crippen LogP contribution is 2.10. The molecule has 1 atom stereocenters. The SMILES string of the molecule is NC(CNCCc1ccc(F)cc1)C1=CC=CC=CC1. The predicted molar refractivity (Wildman–Crippen MR) is 81.9 cm³/mol. The highest BCUT2D eigenvalue weighted by Gasteiger charge is 2.07. The molecular weight excluding hydrogens is 251 g/mol.